The summed E-state index contributed by atoms with van der Waals surface area (Å²) in [5, 5.41) is 2.02. The third kappa shape index (κ3) is 5.39. The van der Waals surface area contributed by atoms with Crippen molar-refractivity contribution in [2.75, 3.05) is 49.5 Å². The normalized spacial score (nSPS) is 19.5. The Bertz CT molecular complexity index is 1290. The summed E-state index contributed by atoms with van der Waals surface area (Å²) in [6.45, 7) is 4.97. The quantitative estimate of drug-likeness (QED) is 0.481. The number of amides is 1. The fraction of sp³-hybridized carbons (Fsp3) is 0.360. The molecule has 5 rings (SSSR count). The number of piperazine rings is 1. The largest absolute Gasteiger partial charge is 0.497 e. The molecule has 190 valence electrons. The lowest BCUT2D eigenvalue weighted by Crippen LogP contribution is -2.52. The maximum Gasteiger partial charge on any atom is 0.263 e. The van der Waals surface area contributed by atoms with Crippen molar-refractivity contribution in [3.8, 4) is 5.75 Å². The van der Waals surface area contributed by atoms with Gasteiger partial charge in [0.2, 0.25) is 5.91 Å². The highest BCUT2D eigenvalue weighted by Crippen LogP contribution is 2.27. The molecule has 3 aromatic rings. The number of hydrogen-bond donors (Lipinski definition) is 1. The summed E-state index contributed by atoms with van der Waals surface area (Å²) in [5.41, 5.74) is 1.94. The number of aromatic nitrogens is 1. The van der Waals surface area contributed by atoms with Crippen LogP contribution >= 0.6 is 11.3 Å². The predicted molar refractivity (Wildman–Crippen MR) is 140 cm³/mol. The first-order chi connectivity index (χ1) is 17.4. The number of carbonyl (C=O) groups is 1. The fourth-order valence-corrected chi connectivity index (χ4v) is 6.56. The minimum absolute atomic E-state index is 0.0766. The van der Waals surface area contributed by atoms with E-state index in [2.05, 4.69) is 31.6 Å². The van der Waals surface area contributed by atoms with Crippen LogP contribution in [-0.2, 0) is 21.4 Å². The van der Waals surface area contributed by atoms with Crippen molar-refractivity contribution < 1.29 is 17.9 Å². The van der Waals surface area contributed by atoms with Crippen LogP contribution in [0.4, 0.5) is 10.8 Å². The van der Waals surface area contributed by atoms with E-state index in [1.165, 1.54) is 29.0 Å². The van der Waals surface area contributed by atoms with Crippen LogP contribution in [0.1, 0.15) is 12.0 Å². The molecule has 0 spiro atoms. The SMILES string of the molecule is COc1cccc(CN2CCN(C3CCN(c4ccc(S(=O)(=O)Nc5nccs5)cc4)C3=O)CC2)c1. The summed E-state index contributed by atoms with van der Waals surface area (Å²) in [5.74, 6) is 0.942. The van der Waals surface area contributed by atoms with Crippen LogP contribution < -0.4 is 14.4 Å². The van der Waals surface area contributed by atoms with Gasteiger partial charge in [-0.25, -0.2) is 13.4 Å². The summed E-state index contributed by atoms with van der Waals surface area (Å²) >= 11 is 1.22. The van der Waals surface area contributed by atoms with Gasteiger partial charge < -0.3 is 9.64 Å². The standard InChI is InChI=1S/C25H29N5O4S2/c1-34-21-4-2-3-19(17-21)18-28-12-14-29(15-13-28)23-9-11-30(24(23)31)20-5-7-22(8-6-20)36(32,33)27-25-26-10-16-35-25/h2-8,10,16-17,23H,9,11-15,18H2,1H3,(H,26,27). The van der Waals surface area contributed by atoms with Gasteiger partial charge in [0.15, 0.2) is 5.13 Å². The van der Waals surface area contributed by atoms with Gasteiger partial charge in [0.1, 0.15) is 5.75 Å². The van der Waals surface area contributed by atoms with Crippen LogP contribution in [0.3, 0.4) is 0 Å². The number of benzene rings is 2. The molecule has 0 saturated carbocycles. The Kier molecular flexibility index (Phi) is 7.24. The highest BCUT2D eigenvalue weighted by Gasteiger charge is 2.37. The number of sulfonamides is 1. The second-order valence-electron chi connectivity index (χ2n) is 8.89. The highest BCUT2D eigenvalue weighted by molar-refractivity contribution is 7.93. The molecule has 1 aromatic heterocycles. The molecule has 2 aromatic carbocycles. The number of methoxy groups -OCH3 is 1. The van der Waals surface area contributed by atoms with Gasteiger partial charge in [-0.2, -0.15) is 0 Å². The van der Waals surface area contributed by atoms with E-state index >= 15 is 0 Å². The zero-order valence-electron chi connectivity index (χ0n) is 20.0. The van der Waals surface area contributed by atoms with Gasteiger partial charge in [-0.05, 0) is 48.4 Å². The molecular formula is C25H29N5O4S2. The summed E-state index contributed by atoms with van der Waals surface area (Å²) < 4.78 is 33.0. The van der Waals surface area contributed by atoms with E-state index in [9.17, 15) is 13.2 Å². The third-order valence-electron chi connectivity index (χ3n) is 6.68. The molecule has 1 amide bonds. The van der Waals surface area contributed by atoms with Crippen molar-refractivity contribution in [2.24, 2.45) is 0 Å². The Balaban J connectivity index is 1.17. The van der Waals surface area contributed by atoms with Gasteiger partial charge in [-0.1, -0.05) is 12.1 Å². The zero-order valence-corrected chi connectivity index (χ0v) is 21.7. The molecule has 0 bridgehead atoms. The van der Waals surface area contributed by atoms with E-state index in [0.717, 1.165) is 44.9 Å². The van der Waals surface area contributed by atoms with Crippen LogP contribution in [0.25, 0.3) is 0 Å². The van der Waals surface area contributed by atoms with Crippen LogP contribution in [-0.4, -0.2) is 75.0 Å². The van der Waals surface area contributed by atoms with Crippen molar-refractivity contribution in [2.45, 2.75) is 23.9 Å². The van der Waals surface area contributed by atoms with Gasteiger partial charge >= 0.3 is 0 Å². The fourth-order valence-electron chi connectivity index (χ4n) is 4.78. The van der Waals surface area contributed by atoms with Gasteiger partial charge in [-0.3, -0.25) is 19.3 Å². The number of nitrogens with zero attached hydrogens (tertiary/aromatic N) is 4. The van der Waals surface area contributed by atoms with Gasteiger partial charge in [0, 0.05) is 56.5 Å². The summed E-state index contributed by atoms with van der Waals surface area (Å²) in [7, 11) is -2.04. The van der Waals surface area contributed by atoms with E-state index in [1.807, 2.05) is 12.1 Å². The summed E-state index contributed by atoms with van der Waals surface area (Å²) in [4.78, 5) is 23.8. The molecule has 1 N–H and O–H groups in total. The smallest absolute Gasteiger partial charge is 0.263 e. The minimum atomic E-state index is -3.72. The Labute approximate surface area is 215 Å². The maximum absolute atomic E-state index is 13.3. The highest BCUT2D eigenvalue weighted by atomic mass is 32.2. The van der Waals surface area contributed by atoms with Crippen LogP contribution in [0.2, 0.25) is 0 Å². The monoisotopic (exact) mass is 527 g/mol. The third-order valence-corrected chi connectivity index (χ3v) is 8.85. The number of hydrogen-bond acceptors (Lipinski definition) is 8. The second kappa shape index (κ2) is 10.6. The average Bonchev–Trinajstić information content (AvgIpc) is 3.54. The number of nitrogens with one attached hydrogen (secondary N) is 1. The first-order valence-electron chi connectivity index (χ1n) is 11.9. The molecule has 2 fully saturated rings. The molecule has 1 unspecified atom stereocenters. The van der Waals surface area contributed by atoms with Gasteiger partial charge in [-0.15, -0.1) is 11.3 Å². The lowest BCUT2D eigenvalue weighted by molar-refractivity contribution is -0.122. The molecule has 2 saturated heterocycles. The molecule has 3 heterocycles. The van der Waals surface area contributed by atoms with Crippen molar-refractivity contribution in [1.82, 2.24) is 14.8 Å². The number of thiazole rings is 1. The number of anilines is 2. The zero-order chi connectivity index (χ0) is 25.1. The molecule has 11 heteroatoms. The molecular weight excluding hydrogens is 498 g/mol. The molecule has 36 heavy (non-hydrogen) atoms. The molecule has 2 aliphatic heterocycles. The predicted octanol–water partition coefficient (Wildman–Crippen LogP) is 2.88. The number of ether oxygens (including phenoxy) is 1. The van der Waals surface area contributed by atoms with E-state index in [4.69, 9.17) is 4.74 Å². The minimum Gasteiger partial charge on any atom is -0.497 e. The molecule has 1 atom stereocenters. The van der Waals surface area contributed by atoms with Gasteiger partial charge in [0.05, 0.1) is 18.0 Å². The van der Waals surface area contributed by atoms with Crippen molar-refractivity contribution >= 4 is 38.1 Å². The van der Waals surface area contributed by atoms with E-state index in [1.54, 1.807) is 35.7 Å². The van der Waals surface area contributed by atoms with Crippen LogP contribution in [0, 0.1) is 0 Å². The molecule has 0 aliphatic carbocycles. The van der Waals surface area contributed by atoms with Gasteiger partial charge in [0.25, 0.3) is 10.0 Å². The first-order valence-corrected chi connectivity index (χ1v) is 14.2. The van der Waals surface area contributed by atoms with E-state index < -0.39 is 10.0 Å². The van der Waals surface area contributed by atoms with Crippen molar-refractivity contribution in [1.29, 1.82) is 0 Å². The summed E-state index contributed by atoms with van der Waals surface area (Å²) in [6.07, 6.45) is 2.31. The first kappa shape index (κ1) is 24.7. The second-order valence-corrected chi connectivity index (χ2v) is 11.5. The Morgan fingerprint density at radius 1 is 1.08 bits per heavy atom. The molecule has 2 aliphatic rings. The lowest BCUT2D eigenvalue weighted by atomic mass is 10.1. The Morgan fingerprint density at radius 2 is 1.86 bits per heavy atom. The topological polar surface area (TPSA) is 95.1 Å². The molecule has 0 radical (unpaired) electrons. The number of carbonyl (C=O) groups excluding carboxylic acids is 1. The van der Waals surface area contributed by atoms with Crippen LogP contribution in [0.15, 0.2) is 65.0 Å². The van der Waals surface area contributed by atoms with Crippen molar-refractivity contribution in [3.05, 3.63) is 65.7 Å². The maximum atomic E-state index is 13.3. The average molecular weight is 528 g/mol. The van der Waals surface area contributed by atoms with E-state index in [0.29, 0.717) is 17.4 Å². The lowest BCUT2D eigenvalue weighted by Gasteiger charge is -2.37. The van der Waals surface area contributed by atoms with Crippen molar-refractivity contribution in [3.63, 3.8) is 0 Å². The Morgan fingerprint density at radius 3 is 2.56 bits per heavy atom. The van der Waals surface area contributed by atoms with E-state index in [-0.39, 0.29) is 16.8 Å². The summed E-state index contributed by atoms with van der Waals surface area (Å²) in [6, 6.07) is 14.5. The van der Waals surface area contributed by atoms with Crippen LogP contribution in [0.5, 0.6) is 5.75 Å². The number of rotatable bonds is 8. The molecule has 9 nitrogen and oxygen atoms in total. The Hall–Kier alpha value is -2.99.